The van der Waals surface area contributed by atoms with Crippen molar-refractivity contribution < 1.29 is 53.1 Å². The summed E-state index contributed by atoms with van der Waals surface area (Å²) in [5.74, 6) is -4.12. The number of methoxy groups -OCH3 is 2. The second kappa shape index (κ2) is 11.5. The van der Waals surface area contributed by atoms with E-state index in [1.807, 2.05) is 0 Å². The molecule has 2 N–H and O–H groups in total. The lowest BCUT2D eigenvalue weighted by molar-refractivity contribution is -0.131. The van der Waals surface area contributed by atoms with Gasteiger partial charge in [0.25, 0.3) is 0 Å². The predicted molar refractivity (Wildman–Crippen MR) is 136 cm³/mol. The summed E-state index contributed by atoms with van der Waals surface area (Å²) in [6.07, 6.45) is 0. The van der Waals surface area contributed by atoms with Crippen molar-refractivity contribution in [2.75, 3.05) is 14.2 Å². The minimum absolute atomic E-state index is 0.0304. The Labute approximate surface area is 223 Å². The molecule has 0 radical (unpaired) electrons. The lowest BCUT2D eigenvalue weighted by Gasteiger charge is -2.15. The predicted octanol–water partition coefficient (Wildman–Crippen LogP) is 4.18. The third kappa shape index (κ3) is 6.27. The number of phenolic OH excluding ortho intramolecular Hbond substituents is 2. The number of aryl methyl sites for hydroxylation is 3. The van der Waals surface area contributed by atoms with Gasteiger partial charge in [0, 0.05) is 25.1 Å². The van der Waals surface area contributed by atoms with Crippen LogP contribution in [0.2, 0.25) is 0 Å². The summed E-state index contributed by atoms with van der Waals surface area (Å²) in [7, 11) is 2.59. The van der Waals surface area contributed by atoms with Crippen LogP contribution in [0, 0.1) is 20.8 Å². The maximum Gasteiger partial charge on any atom is 0.347 e. The third-order valence-electron chi connectivity index (χ3n) is 5.56. The monoisotopic (exact) mass is 538 g/mol. The molecule has 0 fully saturated rings. The molecule has 0 aliphatic heterocycles. The van der Waals surface area contributed by atoms with Gasteiger partial charge in [-0.05, 0) is 55.7 Å². The molecule has 0 spiro atoms. The van der Waals surface area contributed by atoms with Crippen LogP contribution in [0.15, 0.2) is 36.4 Å². The van der Waals surface area contributed by atoms with Crippen molar-refractivity contribution in [3.05, 3.63) is 69.8 Å². The molecule has 0 saturated heterocycles. The molecular weight excluding hydrogens is 512 g/mol. The van der Waals surface area contributed by atoms with Crippen LogP contribution in [-0.2, 0) is 9.53 Å². The van der Waals surface area contributed by atoms with Gasteiger partial charge < -0.3 is 33.9 Å². The maximum absolute atomic E-state index is 13.0. The molecule has 3 aromatic carbocycles. The summed E-state index contributed by atoms with van der Waals surface area (Å²) in [5, 5.41) is 20.7. The normalized spacial score (nSPS) is 10.4. The molecule has 0 aliphatic carbocycles. The zero-order valence-electron chi connectivity index (χ0n) is 22.0. The van der Waals surface area contributed by atoms with Gasteiger partial charge >= 0.3 is 23.9 Å². The Hall–Kier alpha value is -5.06. The fourth-order valence-corrected chi connectivity index (χ4v) is 3.88. The van der Waals surface area contributed by atoms with Crippen molar-refractivity contribution in [1.29, 1.82) is 0 Å². The highest BCUT2D eigenvalue weighted by atomic mass is 16.6. The summed E-state index contributed by atoms with van der Waals surface area (Å²) in [5.41, 5.74) is 0.596. The number of rotatable bonds is 7. The Bertz CT molecular complexity index is 1440. The maximum atomic E-state index is 13.0. The Kier molecular flexibility index (Phi) is 8.44. The summed E-state index contributed by atoms with van der Waals surface area (Å²) < 4.78 is 25.6. The molecular formula is C28H26O11. The fraction of sp³-hybridized carbons (Fsp3) is 0.214. The standard InChI is InChI=1S/C28H26O11/c1-13-8-18(10-20(30)23(13)26(32)36-6)38-27(33)24-14(2)9-19(11-21(24)31)39-28(34)25-15(3)7-17(35-5)12-22(25)37-16(4)29/h7-12,30-31H,1-6H3. The molecule has 0 bridgehead atoms. The second-order valence-corrected chi connectivity index (χ2v) is 8.45. The van der Waals surface area contributed by atoms with Crippen LogP contribution in [0.1, 0.15) is 54.7 Å². The molecule has 3 aromatic rings. The zero-order valence-corrected chi connectivity index (χ0v) is 22.0. The van der Waals surface area contributed by atoms with Crippen molar-refractivity contribution in [3.63, 3.8) is 0 Å². The van der Waals surface area contributed by atoms with Gasteiger partial charge in [-0.2, -0.15) is 0 Å². The van der Waals surface area contributed by atoms with Gasteiger partial charge in [-0.1, -0.05) is 0 Å². The number of carbonyl (C=O) groups is 4. The quantitative estimate of drug-likeness (QED) is 0.329. The smallest absolute Gasteiger partial charge is 0.347 e. The molecule has 39 heavy (non-hydrogen) atoms. The summed E-state index contributed by atoms with van der Waals surface area (Å²) >= 11 is 0. The van der Waals surface area contributed by atoms with E-state index in [1.165, 1.54) is 53.2 Å². The van der Waals surface area contributed by atoms with E-state index in [9.17, 15) is 29.4 Å². The van der Waals surface area contributed by atoms with Gasteiger partial charge in [0.1, 0.15) is 51.2 Å². The van der Waals surface area contributed by atoms with Crippen molar-refractivity contribution >= 4 is 23.9 Å². The molecule has 0 heterocycles. The first-order valence-electron chi connectivity index (χ1n) is 11.4. The van der Waals surface area contributed by atoms with Crippen LogP contribution in [0.4, 0.5) is 0 Å². The number of esters is 4. The molecule has 0 aromatic heterocycles. The van der Waals surface area contributed by atoms with Crippen LogP contribution in [0.3, 0.4) is 0 Å². The van der Waals surface area contributed by atoms with E-state index < -0.39 is 35.4 Å². The Morgan fingerprint density at radius 1 is 0.590 bits per heavy atom. The Morgan fingerprint density at radius 3 is 1.46 bits per heavy atom. The van der Waals surface area contributed by atoms with E-state index >= 15 is 0 Å². The number of hydrogen-bond acceptors (Lipinski definition) is 11. The Balaban J connectivity index is 1.87. The van der Waals surface area contributed by atoms with E-state index in [0.29, 0.717) is 16.9 Å². The first kappa shape index (κ1) is 28.5. The van der Waals surface area contributed by atoms with Crippen LogP contribution < -0.4 is 18.9 Å². The minimum Gasteiger partial charge on any atom is -0.507 e. The van der Waals surface area contributed by atoms with Crippen molar-refractivity contribution in [3.8, 4) is 34.5 Å². The average Bonchev–Trinajstić information content (AvgIpc) is 2.82. The van der Waals surface area contributed by atoms with Crippen LogP contribution in [0.25, 0.3) is 0 Å². The highest BCUT2D eigenvalue weighted by Crippen LogP contribution is 2.34. The van der Waals surface area contributed by atoms with E-state index in [-0.39, 0.29) is 39.5 Å². The summed E-state index contributed by atoms with van der Waals surface area (Å²) in [4.78, 5) is 49.2. The van der Waals surface area contributed by atoms with Gasteiger partial charge in [0.2, 0.25) is 0 Å². The fourth-order valence-electron chi connectivity index (χ4n) is 3.88. The van der Waals surface area contributed by atoms with Crippen molar-refractivity contribution in [1.82, 2.24) is 0 Å². The molecule has 11 heteroatoms. The zero-order chi connectivity index (χ0) is 29.0. The van der Waals surface area contributed by atoms with E-state index in [4.69, 9.17) is 18.9 Å². The van der Waals surface area contributed by atoms with E-state index in [0.717, 1.165) is 12.1 Å². The summed E-state index contributed by atoms with van der Waals surface area (Å²) in [6, 6.07) is 7.73. The highest BCUT2D eigenvalue weighted by molar-refractivity contribution is 5.98. The Morgan fingerprint density at radius 2 is 1.03 bits per heavy atom. The van der Waals surface area contributed by atoms with Gasteiger partial charge in [-0.25, -0.2) is 14.4 Å². The largest absolute Gasteiger partial charge is 0.507 e. The number of benzene rings is 3. The first-order valence-corrected chi connectivity index (χ1v) is 11.4. The van der Waals surface area contributed by atoms with Crippen molar-refractivity contribution in [2.45, 2.75) is 27.7 Å². The number of aromatic hydroxyl groups is 2. The molecule has 11 nitrogen and oxygen atoms in total. The molecule has 0 amide bonds. The summed E-state index contributed by atoms with van der Waals surface area (Å²) in [6.45, 7) is 5.79. The molecule has 3 rings (SSSR count). The lowest BCUT2D eigenvalue weighted by Crippen LogP contribution is -2.15. The third-order valence-corrected chi connectivity index (χ3v) is 5.56. The van der Waals surface area contributed by atoms with Crippen molar-refractivity contribution in [2.24, 2.45) is 0 Å². The van der Waals surface area contributed by atoms with E-state index in [1.54, 1.807) is 13.0 Å². The molecule has 204 valence electrons. The topological polar surface area (TPSA) is 155 Å². The molecule has 0 saturated carbocycles. The van der Waals surface area contributed by atoms with Crippen LogP contribution >= 0.6 is 0 Å². The minimum atomic E-state index is -0.962. The number of ether oxygens (including phenoxy) is 5. The van der Waals surface area contributed by atoms with Gasteiger partial charge in [0.05, 0.1) is 14.2 Å². The van der Waals surface area contributed by atoms with Gasteiger partial charge in [-0.3, -0.25) is 4.79 Å². The van der Waals surface area contributed by atoms with Crippen LogP contribution in [-0.4, -0.2) is 48.3 Å². The van der Waals surface area contributed by atoms with Gasteiger partial charge in [-0.15, -0.1) is 0 Å². The number of phenols is 2. The number of hydrogen-bond donors (Lipinski definition) is 2. The first-order chi connectivity index (χ1) is 18.4. The molecule has 0 atom stereocenters. The molecule has 0 aliphatic rings. The lowest BCUT2D eigenvalue weighted by atomic mass is 10.1. The highest BCUT2D eigenvalue weighted by Gasteiger charge is 2.24. The second-order valence-electron chi connectivity index (χ2n) is 8.45. The SMILES string of the molecule is COC(=O)c1c(C)cc(OC(=O)c2c(C)cc(OC(=O)c3c(C)cc(OC)cc3OC(C)=O)cc2O)cc1O. The molecule has 0 unspecified atom stereocenters. The average molecular weight is 539 g/mol. The van der Waals surface area contributed by atoms with Crippen LogP contribution in [0.5, 0.6) is 34.5 Å². The van der Waals surface area contributed by atoms with Gasteiger partial charge in [0.15, 0.2) is 0 Å². The number of carbonyl (C=O) groups excluding carboxylic acids is 4. The van der Waals surface area contributed by atoms with E-state index in [2.05, 4.69) is 4.74 Å².